The molecule has 0 fully saturated rings. The first kappa shape index (κ1) is 18.2. The second kappa shape index (κ2) is 7.96. The van der Waals surface area contributed by atoms with Crippen molar-refractivity contribution in [3.05, 3.63) is 29.3 Å². The van der Waals surface area contributed by atoms with Crippen molar-refractivity contribution in [1.82, 2.24) is 0 Å². The smallest absolute Gasteiger partial charge is 0.334 e. The minimum Gasteiger partial charge on any atom is -1.00 e. The van der Waals surface area contributed by atoms with Gasteiger partial charge in [-0.15, -0.1) is 0 Å². The molecule has 0 saturated carbocycles. The molecular formula is C16H20ClNO4. The van der Waals surface area contributed by atoms with E-state index < -0.39 is 11.9 Å². The van der Waals surface area contributed by atoms with Crippen LogP contribution < -0.4 is 22.0 Å². The van der Waals surface area contributed by atoms with Gasteiger partial charge in [0.1, 0.15) is 11.4 Å². The summed E-state index contributed by atoms with van der Waals surface area (Å²) in [5.74, 6) is -0.453. The van der Waals surface area contributed by atoms with Crippen molar-refractivity contribution in [2.24, 2.45) is 0 Å². The van der Waals surface area contributed by atoms with Gasteiger partial charge >= 0.3 is 11.9 Å². The molecule has 0 saturated heterocycles. The zero-order chi connectivity index (χ0) is 15.4. The highest BCUT2D eigenvalue weighted by Gasteiger charge is 2.22. The third-order valence-electron chi connectivity index (χ3n) is 3.61. The first-order valence-corrected chi connectivity index (χ1v) is 7.07. The number of quaternary nitrogens is 1. The quantitative estimate of drug-likeness (QED) is 0.520. The lowest BCUT2D eigenvalue weighted by Gasteiger charge is -2.16. The van der Waals surface area contributed by atoms with E-state index in [2.05, 4.69) is 18.6 Å². The zero-order valence-corrected chi connectivity index (χ0v) is 13.7. The number of nitrogens with one attached hydrogen (secondary N) is 1. The van der Waals surface area contributed by atoms with Crippen molar-refractivity contribution in [1.29, 1.82) is 0 Å². The highest BCUT2D eigenvalue weighted by molar-refractivity contribution is 6.00. The topological polar surface area (TPSA) is 57.0 Å². The van der Waals surface area contributed by atoms with Gasteiger partial charge < -0.3 is 26.8 Å². The summed E-state index contributed by atoms with van der Waals surface area (Å²) in [6.07, 6.45) is 1.59. The van der Waals surface area contributed by atoms with Crippen molar-refractivity contribution >= 4 is 23.7 Å². The normalized spacial score (nSPS) is 13.5. The summed E-state index contributed by atoms with van der Waals surface area (Å²) in [4.78, 5) is 24.8. The van der Waals surface area contributed by atoms with Crippen LogP contribution in [0.25, 0.3) is 6.08 Å². The second-order valence-corrected chi connectivity index (χ2v) is 4.88. The van der Waals surface area contributed by atoms with Crippen LogP contribution >= 0.6 is 0 Å². The van der Waals surface area contributed by atoms with E-state index in [-0.39, 0.29) is 18.8 Å². The Kier molecular flexibility index (Phi) is 6.59. The first-order valence-electron chi connectivity index (χ1n) is 7.07. The lowest BCUT2D eigenvalue weighted by molar-refractivity contribution is -0.828. The molecule has 0 aromatic heterocycles. The van der Waals surface area contributed by atoms with Crippen LogP contribution in [0.15, 0.2) is 23.8 Å². The Morgan fingerprint density at radius 1 is 1.32 bits per heavy atom. The van der Waals surface area contributed by atoms with Gasteiger partial charge in [0.15, 0.2) is 0 Å². The molecule has 120 valence electrons. The van der Waals surface area contributed by atoms with Crippen molar-refractivity contribution in [3.8, 4) is 5.75 Å². The third kappa shape index (κ3) is 3.87. The molecule has 6 heteroatoms. The average Bonchev–Trinajstić information content (AvgIpc) is 2.65. The molecular weight excluding hydrogens is 306 g/mol. The Balaban J connectivity index is 0.00000242. The van der Waals surface area contributed by atoms with Crippen LogP contribution in [0.4, 0.5) is 5.69 Å². The van der Waals surface area contributed by atoms with Crippen LogP contribution in [-0.2, 0) is 14.3 Å². The summed E-state index contributed by atoms with van der Waals surface area (Å²) in [7, 11) is 1.30. The number of carbonyl (C=O) groups excluding carboxylic acids is 2. The maximum Gasteiger partial charge on any atom is 0.334 e. The molecule has 0 atom stereocenters. The molecule has 0 amide bonds. The number of hydrogen-bond donors (Lipinski definition) is 1. The van der Waals surface area contributed by atoms with Gasteiger partial charge in [-0.2, -0.15) is 0 Å². The Bertz CT molecular complexity index is 594. The van der Waals surface area contributed by atoms with E-state index in [4.69, 9.17) is 4.74 Å². The standard InChI is InChI=1S/C16H19NO4.ClH/c1-4-17(5-2)13-7-6-11-8-12(16(19)20-3)9-15(18)21-14(11)10-13;/h6-8,10H,4-5,9H2,1-3H3;1H. The van der Waals surface area contributed by atoms with E-state index >= 15 is 0 Å². The van der Waals surface area contributed by atoms with Crippen molar-refractivity contribution < 1.29 is 36.4 Å². The zero-order valence-electron chi connectivity index (χ0n) is 12.9. The predicted molar refractivity (Wildman–Crippen MR) is 78.4 cm³/mol. The van der Waals surface area contributed by atoms with Crippen molar-refractivity contribution in [3.63, 3.8) is 0 Å². The van der Waals surface area contributed by atoms with Crippen LogP contribution in [0, 0.1) is 0 Å². The summed E-state index contributed by atoms with van der Waals surface area (Å²) in [6.45, 7) is 6.11. The van der Waals surface area contributed by atoms with Crippen LogP contribution in [0.2, 0.25) is 0 Å². The molecule has 5 nitrogen and oxygen atoms in total. The summed E-state index contributed by atoms with van der Waals surface area (Å²) >= 11 is 0. The lowest BCUT2D eigenvalue weighted by atomic mass is 10.1. The Morgan fingerprint density at radius 2 is 2.00 bits per heavy atom. The summed E-state index contributed by atoms with van der Waals surface area (Å²) in [5, 5.41) is 0. The Hall–Kier alpha value is -1.85. The van der Waals surface area contributed by atoms with Gasteiger partial charge in [-0.05, 0) is 32.1 Å². The number of rotatable bonds is 4. The lowest BCUT2D eigenvalue weighted by Crippen LogP contribution is -3.06. The molecule has 1 aromatic carbocycles. The fourth-order valence-corrected chi connectivity index (χ4v) is 2.44. The van der Waals surface area contributed by atoms with Gasteiger partial charge in [0.25, 0.3) is 0 Å². The minimum absolute atomic E-state index is 0. The van der Waals surface area contributed by atoms with E-state index in [1.165, 1.54) is 12.0 Å². The molecule has 22 heavy (non-hydrogen) atoms. The Labute approximate surface area is 136 Å². The number of halogens is 1. The van der Waals surface area contributed by atoms with Gasteiger partial charge in [-0.25, -0.2) is 4.79 Å². The fourth-order valence-electron chi connectivity index (χ4n) is 2.44. The maximum absolute atomic E-state index is 11.8. The van der Waals surface area contributed by atoms with Crippen molar-refractivity contribution in [2.75, 3.05) is 20.2 Å². The van der Waals surface area contributed by atoms with Crippen LogP contribution in [-0.4, -0.2) is 32.1 Å². The van der Waals surface area contributed by atoms with E-state index in [1.54, 1.807) is 6.08 Å². The van der Waals surface area contributed by atoms with Gasteiger partial charge in [-0.1, -0.05) is 0 Å². The molecule has 0 unspecified atom stereocenters. The number of esters is 2. The number of carbonyl (C=O) groups is 2. The number of hydrogen-bond acceptors (Lipinski definition) is 4. The molecule has 1 aliphatic heterocycles. The third-order valence-corrected chi connectivity index (χ3v) is 3.61. The molecule has 1 aliphatic rings. The summed E-state index contributed by atoms with van der Waals surface area (Å²) in [6, 6.07) is 5.73. The number of fused-ring (bicyclic) bond motifs is 1. The summed E-state index contributed by atoms with van der Waals surface area (Å²) < 4.78 is 10.0. The molecule has 1 aromatic rings. The Morgan fingerprint density at radius 3 is 2.59 bits per heavy atom. The van der Waals surface area contributed by atoms with Crippen molar-refractivity contribution in [2.45, 2.75) is 20.3 Å². The van der Waals surface area contributed by atoms with Crippen LogP contribution in [0.3, 0.4) is 0 Å². The number of methoxy groups -OCH3 is 1. The maximum atomic E-state index is 11.8. The number of benzene rings is 1. The summed E-state index contributed by atoms with van der Waals surface area (Å²) in [5.41, 5.74) is 2.10. The molecule has 1 N–H and O–H groups in total. The first-order chi connectivity index (χ1) is 10.1. The molecule has 1 heterocycles. The molecule has 0 spiro atoms. The second-order valence-electron chi connectivity index (χ2n) is 4.88. The van der Waals surface area contributed by atoms with E-state index in [9.17, 15) is 9.59 Å². The highest BCUT2D eigenvalue weighted by atomic mass is 35.5. The molecule has 0 radical (unpaired) electrons. The minimum atomic E-state index is -0.502. The van der Waals surface area contributed by atoms with E-state index in [0.29, 0.717) is 11.3 Å². The predicted octanol–water partition coefficient (Wildman–Crippen LogP) is -1.89. The van der Waals surface area contributed by atoms with Gasteiger partial charge in [0.05, 0.1) is 26.6 Å². The van der Waals surface area contributed by atoms with Crippen LogP contribution in [0.5, 0.6) is 5.75 Å². The van der Waals surface area contributed by atoms with Gasteiger partial charge in [0.2, 0.25) is 0 Å². The molecule has 0 bridgehead atoms. The molecule has 2 rings (SSSR count). The SMILES string of the molecule is CC[NH+](CC)c1ccc2c(c1)OC(=O)CC(C(=O)OC)=C2.[Cl-]. The van der Waals surface area contributed by atoms with Gasteiger partial charge in [-0.3, -0.25) is 4.79 Å². The van der Waals surface area contributed by atoms with E-state index in [1.807, 2.05) is 18.2 Å². The van der Waals surface area contributed by atoms with Crippen LogP contribution in [0.1, 0.15) is 25.8 Å². The molecule has 0 aliphatic carbocycles. The fraction of sp³-hybridized carbons (Fsp3) is 0.375. The van der Waals surface area contributed by atoms with E-state index in [0.717, 1.165) is 24.3 Å². The largest absolute Gasteiger partial charge is 1.00 e. The average molecular weight is 326 g/mol. The van der Waals surface area contributed by atoms with Gasteiger partial charge in [0, 0.05) is 17.2 Å². The number of ether oxygens (including phenoxy) is 2. The highest BCUT2D eigenvalue weighted by Crippen LogP contribution is 2.28. The monoisotopic (exact) mass is 325 g/mol.